The molecule has 2 nitrogen and oxygen atoms in total. The first kappa shape index (κ1) is 19.9. The summed E-state index contributed by atoms with van der Waals surface area (Å²) in [7, 11) is 4.07. The first-order chi connectivity index (χ1) is 14.6. The molecule has 4 aromatic rings. The van der Waals surface area contributed by atoms with Crippen molar-refractivity contribution < 1.29 is 0 Å². The van der Waals surface area contributed by atoms with Crippen molar-refractivity contribution in [2.45, 2.75) is 0 Å². The Labute approximate surface area is 183 Å². The van der Waals surface area contributed by atoms with Crippen LogP contribution in [-0.2, 0) is 0 Å². The van der Waals surface area contributed by atoms with Crippen LogP contribution in [0, 0.1) is 0 Å². The fourth-order valence-electron chi connectivity index (χ4n) is 3.34. The van der Waals surface area contributed by atoms with Crippen molar-refractivity contribution in [1.82, 2.24) is 0 Å². The van der Waals surface area contributed by atoms with Crippen LogP contribution in [0.2, 0.25) is 5.02 Å². The van der Waals surface area contributed by atoms with Crippen LogP contribution in [0.5, 0.6) is 0 Å². The summed E-state index contributed by atoms with van der Waals surface area (Å²) < 4.78 is 0. The molecular weight excluding hydrogens is 388 g/mol. The molecule has 0 amide bonds. The summed E-state index contributed by atoms with van der Waals surface area (Å²) in [5.74, 6) is 0. The second-order valence-corrected chi connectivity index (χ2v) is 7.71. The van der Waals surface area contributed by atoms with E-state index in [0.29, 0.717) is 5.02 Å². The molecule has 0 saturated carbocycles. The predicted molar refractivity (Wildman–Crippen MR) is 129 cm³/mol. The standard InChI is InChI=1S/C27H23ClN2/c1-30(2)24-16-13-20(14-17-24)23-15-18-26(25(28)19-23)29-27(21-9-5-3-6-10-21)22-11-7-4-8-12-22/h3-19H,1-2H3. The molecule has 0 saturated heterocycles. The molecule has 0 aromatic heterocycles. The molecule has 0 aliphatic carbocycles. The Balaban J connectivity index is 1.73. The summed E-state index contributed by atoms with van der Waals surface area (Å²) in [5, 5.41) is 0.633. The highest BCUT2D eigenvalue weighted by Gasteiger charge is 2.09. The average molecular weight is 411 g/mol. The third kappa shape index (κ3) is 4.45. The summed E-state index contributed by atoms with van der Waals surface area (Å²) in [6, 6.07) is 34.9. The van der Waals surface area contributed by atoms with E-state index in [2.05, 4.69) is 59.5 Å². The second-order valence-electron chi connectivity index (χ2n) is 7.30. The number of nitrogens with zero attached hydrogens (tertiary/aromatic N) is 2. The maximum absolute atomic E-state index is 6.66. The fraction of sp³-hybridized carbons (Fsp3) is 0.0741. The normalized spacial score (nSPS) is 10.5. The van der Waals surface area contributed by atoms with Gasteiger partial charge in [-0.15, -0.1) is 0 Å². The van der Waals surface area contributed by atoms with Gasteiger partial charge < -0.3 is 4.90 Å². The van der Waals surface area contributed by atoms with Gasteiger partial charge in [0, 0.05) is 30.9 Å². The summed E-state index contributed by atoms with van der Waals surface area (Å²) in [4.78, 5) is 7.04. The first-order valence-corrected chi connectivity index (χ1v) is 10.3. The van der Waals surface area contributed by atoms with E-state index in [1.807, 2.05) is 62.6 Å². The van der Waals surface area contributed by atoms with Crippen molar-refractivity contribution in [1.29, 1.82) is 0 Å². The van der Waals surface area contributed by atoms with Crippen molar-refractivity contribution in [2.24, 2.45) is 4.99 Å². The average Bonchev–Trinajstić information content (AvgIpc) is 2.79. The van der Waals surface area contributed by atoms with Crippen LogP contribution in [0.1, 0.15) is 11.1 Å². The van der Waals surface area contributed by atoms with Gasteiger partial charge in [-0.3, -0.25) is 0 Å². The van der Waals surface area contributed by atoms with E-state index >= 15 is 0 Å². The van der Waals surface area contributed by atoms with Crippen molar-refractivity contribution in [3.8, 4) is 11.1 Å². The summed E-state index contributed by atoms with van der Waals surface area (Å²) in [6.45, 7) is 0. The van der Waals surface area contributed by atoms with Crippen molar-refractivity contribution in [2.75, 3.05) is 19.0 Å². The van der Waals surface area contributed by atoms with Gasteiger partial charge in [-0.05, 0) is 35.4 Å². The Bertz CT molecular complexity index is 1110. The maximum Gasteiger partial charge on any atom is 0.0824 e. The Kier molecular flexibility index (Phi) is 5.97. The van der Waals surface area contributed by atoms with Gasteiger partial charge in [0.2, 0.25) is 0 Å². The smallest absolute Gasteiger partial charge is 0.0824 e. The van der Waals surface area contributed by atoms with Crippen molar-refractivity contribution in [3.05, 3.63) is 119 Å². The molecule has 0 atom stereocenters. The third-order valence-corrected chi connectivity index (χ3v) is 5.29. The van der Waals surface area contributed by atoms with Crippen LogP contribution in [0.3, 0.4) is 0 Å². The minimum Gasteiger partial charge on any atom is -0.378 e. The summed E-state index contributed by atoms with van der Waals surface area (Å²) in [5.41, 5.74) is 7.15. The zero-order valence-electron chi connectivity index (χ0n) is 17.1. The minimum atomic E-state index is 0.633. The number of aliphatic imine (C=N–C) groups is 1. The zero-order valence-corrected chi connectivity index (χ0v) is 17.8. The highest BCUT2D eigenvalue weighted by atomic mass is 35.5. The van der Waals surface area contributed by atoms with Gasteiger partial charge in [0.1, 0.15) is 0 Å². The quantitative estimate of drug-likeness (QED) is 0.316. The molecule has 30 heavy (non-hydrogen) atoms. The molecule has 0 aliphatic rings. The van der Waals surface area contributed by atoms with E-state index in [0.717, 1.165) is 33.7 Å². The summed E-state index contributed by atoms with van der Waals surface area (Å²) >= 11 is 6.66. The number of halogens is 1. The number of rotatable bonds is 5. The predicted octanol–water partition coefficient (Wildman–Crippen LogP) is 7.24. The van der Waals surface area contributed by atoms with E-state index in [1.54, 1.807) is 0 Å². The van der Waals surface area contributed by atoms with E-state index < -0.39 is 0 Å². The Hall–Kier alpha value is -3.36. The van der Waals surface area contributed by atoms with Crippen LogP contribution in [-0.4, -0.2) is 19.8 Å². The fourth-order valence-corrected chi connectivity index (χ4v) is 3.56. The number of anilines is 1. The van der Waals surface area contributed by atoms with Crippen molar-refractivity contribution in [3.63, 3.8) is 0 Å². The van der Waals surface area contributed by atoms with Crippen LogP contribution < -0.4 is 4.90 Å². The molecule has 0 aliphatic heterocycles. The Morgan fingerprint density at radius 1 is 0.667 bits per heavy atom. The van der Waals surface area contributed by atoms with Gasteiger partial charge >= 0.3 is 0 Å². The van der Waals surface area contributed by atoms with E-state index in [4.69, 9.17) is 16.6 Å². The monoisotopic (exact) mass is 410 g/mol. The zero-order chi connectivity index (χ0) is 20.9. The van der Waals surface area contributed by atoms with Gasteiger partial charge in [0.25, 0.3) is 0 Å². The van der Waals surface area contributed by atoms with Crippen LogP contribution in [0.4, 0.5) is 11.4 Å². The molecule has 4 rings (SSSR count). The van der Waals surface area contributed by atoms with Gasteiger partial charge in [-0.1, -0.05) is 90.5 Å². The van der Waals surface area contributed by atoms with Crippen molar-refractivity contribution >= 4 is 28.7 Å². The molecule has 148 valence electrons. The number of hydrogen-bond acceptors (Lipinski definition) is 2. The van der Waals surface area contributed by atoms with Crippen LogP contribution in [0.25, 0.3) is 11.1 Å². The molecule has 0 spiro atoms. The number of benzene rings is 4. The maximum atomic E-state index is 6.66. The minimum absolute atomic E-state index is 0.633. The Morgan fingerprint density at radius 2 is 1.20 bits per heavy atom. The van der Waals surface area contributed by atoms with Gasteiger partial charge in [-0.25, -0.2) is 4.99 Å². The van der Waals surface area contributed by atoms with Crippen LogP contribution >= 0.6 is 11.6 Å². The molecular formula is C27H23ClN2. The molecule has 0 N–H and O–H groups in total. The third-order valence-electron chi connectivity index (χ3n) is 4.99. The Morgan fingerprint density at radius 3 is 1.70 bits per heavy atom. The molecule has 0 fully saturated rings. The molecule has 0 unspecified atom stereocenters. The summed E-state index contributed by atoms with van der Waals surface area (Å²) in [6.07, 6.45) is 0. The lowest BCUT2D eigenvalue weighted by Crippen LogP contribution is -2.07. The molecule has 4 aromatic carbocycles. The van der Waals surface area contributed by atoms with Gasteiger partial charge in [0.05, 0.1) is 16.4 Å². The second kappa shape index (κ2) is 8.98. The first-order valence-electron chi connectivity index (χ1n) is 9.88. The lowest BCUT2D eigenvalue weighted by molar-refractivity contribution is 1.13. The number of hydrogen-bond donors (Lipinski definition) is 0. The molecule has 0 heterocycles. The van der Waals surface area contributed by atoms with Gasteiger partial charge in [0.15, 0.2) is 0 Å². The highest BCUT2D eigenvalue weighted by Crippen LogP contribution is 2.32. The molecule has 0 bridgehead atoms. The highest BCUT2D eigenvalue weighted by molar-refractivity contribution is 6.33. The topological polar surface area (TPSA) is 15.6 Å². The van der Waals surface area contributed by atoms with E-state index in [1.165, 1.54) is 5.69 Å². The molecule has 3 heteroatoms. The SMILES string of the molecule is CN(C)c1ccc(-c2ccc(N=C(c3ccccc3)c3ccccc3)c(Cl)c2)cc1. The lowest BCUT2D eigenvalue weighted by atomic mass is 10.0. The largest absolute Gasteiger partial charge is 0.378 e. The van der Waals surface area contributed by atoms with E-state index in [9.17, 15) is 0 Å². The van der Waals surface area contributed by atoms with Gasteiger partial charge in [-0.2, -0.15) is 0 Å². The van der Waals surface area contributed by atoms with Crippen LogP contribution in [0.15, 0.2) is 108 Å². The lowest BCUT2D eigenvalue weighted by Gasteiger charge is -2.13. The van der Waals surface area contributed by atoms with E-state index in [-0.39, 0.29) is 0 Å². The molecule has 0 radical (unpaired) electrons.